The van der Waals surface area contributed by atoms with Crippen molar-refractivity contribution in [2.75, 3.05) is 0 Å². The summed E-state index contributed by atoms with van der Waals surface area (Å²) in [5.41, 5.74) is 0.910. The zero-order valence-corrected chi connectivity index (χ0v) is 8.85. The molecule has 15 heavy (non-hydrogen) atoms. The lowest BCUT2D eigenvalue weighted by Gasteiger charge is -2.12. The number of nitriles is 1. The molecule has 1 aromatic rings. The highest BCUT2D eigenvalue weighted by Gasteiger charge is 2.19. The van der Waals surface area contributed by atoms with E-state index in [-0.39, 0.29) is 17.9 Å². The van der Waals surface area contributed by atoms with Gasteiger partial charge >= 0.3 is 0 Å². The smallest absolute Gasteiger partial charge is 0.261 e. The van der Waals surface area contributed by atoms with Gasteiger partial charge in [-0.15, -0.1) is 11.6 Å². The monoisotopic (exact) mass is 230 g/mol. The van der Waals surface area contributed by atoms with E-state index in [1.165, 1.54) is 6.20 Å². The Kier molecular flexibility index (Phi) is 3.98. The molecule has 0 unspecified atom stereocenters. The van der Waals surface area contributed by atoms with Gasteiger partial charge in [-0.3, -0.25) is 4.98 Å². The van der Waals surface area contributed by atoms with E-state index in [2.05, 4.69) is 4.98 Å². The molecular formula is C10H9ClF2N2. The maximum absolute atomic E-state index is 12.8. The summed E-state index contributed by atoms with van der Waals surface area (Å²) in [5.74, 6) is -0.0224. The molecule has 0 spiro atoms. The zero-order chi connectivity index (χ0) is 11.4. The zero-order valence-electron chi connectivity index (χ0n) is 8.10. The normalized spacial score (nSPS) is 10.4. The molecule has 0 N–H and O–H groups in total. The lowest BCUT2D eigenvalue weighted by molar-refractivity contribution is 0.149. The van der Waals surface area contributed by atoms with Gasteiger partial charge in [0, 0.05) is 23.3 Å². The number of nitrogens with zero attached hydrogens (tertiary/aromatic N) is 2. The number of rotatable bonds is 3. The van der Waals surface area contributed by atoms with E-state index in [1.54, 1.807) is 6.92 Å². The molecule has 0 saturated heterocycles. The van der Waals surface area contributed by atoms with Crippen molar-refractivity contribution in [1.82, 2.24) is 4.98 Å². The quantitative estimate of drug-likeness (QED) is 0.748. The molecular weight excluding hydrogens is 222 g/mol. The molecule has 0 aliphatic heterocycles. The van der Waals surface area contributed by atoms with Gasteiger partial charge < -0.3 is 0 Å². The molecule has 0 aromatic carbocycles. The fraction of sp³-hybridized carbons (Fsp3) is 0.400. The Bertz CT molecular complexity index is 399. The summed E-state index contributed by atoms with van der Waals surface area (Å²) >= 11 is 5.54. The van der Waals surface area contributed by atoms with Crippen molar-refractivity contribution in [2.24, 2.45) is 0 Å². The second kappa shape index (κ2) is 5.04. The predicted octanol–water partition coefficient (Wildman–Crippen LogP) is 3.13. The number of hydrogen-bond donors (Lipinski definition) is 0. The van der Waals surface area contributed by atoms with E-state index in [4.69, 9.17) is 16.9 Å². The van der Waals surface area contributed by atoms with Gasteiger partial charge in [-0.05, 0) is 18.1 Å². The van der Waals surface area contributed by atoms with Crippen LogP contribution in [0, 0.1) is 18.3 Å². The van der Waals surface area contributed by atoms with E-state index in [9.17, 15) is 8.78 Å². The first-order chi connectivity index (χ1) is 7.11. The van der Waals surface area contributed by atoms with Crippen LogP contribution in [0.4, 0.5) is 8.78 Å². The lowest BCUT2D eigenvalue weighted by atomic mass is 10.0. The van der Waals surface area contributed by atoms with Crippen molar-refractivity contribution in [3.05, 3.63) is 28.6 Å². The molecule has 5 heteroatoms. The average molecular weight is 231 g/mol. The first-order valence-corrected chi connectivity index (χ1v) is 4.83. The van der Waals surface area contributed by atoms with Crippen LogP contribution in [0.2, 0.25) is 0 Å². The van der Waals surface area contributed by atoms with Crippen LogP contribution in [-0.2, 0) is 12.3 Å². The third kappa shape index (κ3) is 2.42. The van der Waals surface area contributed by atoms with Crippen LogP contribution in [0.15, 0.2) is 6.20 Å². The fourth-order valence-corrected chi connectivity index (χ4v) is 1.60. The van der Waals surface area contributed by atoms with Crippen LogP contribution < -0.4 is 0 Å². The molecule has 0 aliphatic rings. The number of alkyl halides is 3. The number of aromatic nitrogens is 1. The SMILES string of the molecule is Cc1ncc(CCl)c(C(F)F)c1CC#N. The molecule has 2 nitrogen and oxygen atoms in total. The van der Waals surface area contributed by atoms with Gasteiger partial charge in [0.25, 0.3) is 6.43 Å². The van der Waals surface area contributed by atoms with Gasteiger partial charge in [-0.1, -0.05) is 0 Å². The van der Waals surface area contributed by atoms with Crippen LogP contribution in [0.1, 0.15) is 28.8 Å². The Morgan fingerprint density at radius 2 is 2.27 bits per heavy atom. The van der Waals surface area contributed by atoms with Crippen LogP contribution in [0.5, 0.6) is 0 Å². The lowest BCUT2D eigenvalue weighted by Crippen LogP contribution is -2.04. The first-order valence-electron chi connectivity index (χ1n) is 4.30. The van der Waals surface area contributed by atoms with E-state index in [1.807, 2.05) is 6.07 Å². The Morgan fingerprint density at radius 3 is 2.73 bits per heavy atom. The number of pyridine rings is 1. The van der Waals surface area contributed by atoms with Crippen molar-refractivity contribution < 1.29 is 8.78 Å². The van der Waals surface area contributed by atoms with Crippen molar-refractivity contribution in [3.8, 4) is 6.07 Å². The molecule has 0 fully saturated rings. The van der Waals surface area contributed by atoms with E-state index >= 15 is 0 Å². The highest BCUT2D eigenvalue weighted by Crippen LogP contribution is 2.29. The summed E-state index contributed by atoms with van der Waals surface area (Å²) in [5, 5.41) is 8.56. The Labute approximate surface area is 91.5 Å². The molecule has 1 aromatic heterocycles. The van der Waals surface area contributed by atoms with Gasteiger partial charge in [0.15, 0.2) is 0 Å². The molecule has 0 bridgehead atoms. The molecule has 0 saturated carbocycles. The van der Waals surface area contributed by atoms with Gasteiger partial charge in [-0.25, -0.2) is 8.78 Å². The number of hydrogen-bond acceptors (Lipinski definition) is 2. The van der Waals surface area contributed by atoms with Gasteiger partial charge in [0.1, 0.15) is 0 Å². The van der Waals surface area contributed by atoms with Crippen molar-refractivity contribution in [2.45, 2.75) is 25.7 Å². The van der Waals surface area contributed by atoms with Crippen molar-refractivity contribution in [1.29, 1.82) is 5.26 Å². The maximum atomic E-state index is 12.8. The largest absolute Gasteiger partial charge is 0.264 e. The predicted molar refractivity (Wildman–Crippen MR) is 52.8 cm³/mol. The van der Waals surface area contributed by atoms with Gasteiger partial charge in [0.2, 0.25) is 0 Å². The van der Waals surface area contributed by atoms with Crippen LogP contribution in [0.3, 0.4) is 0 Å². The Balaban J connectivity index is 3.38. The minimum Gasteiger partial charge on any atom is -0.261 e. The molecule has 80 valence electrons. The fourth-order valence-electron chi connectivity index (χ4n) is 1.39. The van der Waals surface area contributed by atoms with E-state index < -0.39 is 6.43 Å². The van der Waals surface area contributed by atoms with Gasteiger partial charge in [-0.2, -0.15) is 5.26 Å². The molecule has 0 amide bonds. The summed E-state index contributed by atoms with van der Waals surface area (Å²) in [7, 11) is 0. The number of halogens is 3. The van der Waals surface area contributed by atoms with Crippen LogP contribution >= 0.6 is 11.6 Å². The standard InChI is InChI=1S/C10H9ClF2N2/c1-6-8(2-3-14)9(10(12)13)7(4-11)5-15-6/h5,10H,2,4H2,1H3. The number of aryl methyl sites for hydroxylation is 1. The van der Waals surface area contributed by atoms with E-state index in [0.29, 0.717) is 16.8 Å². The van der Waals surface area contributed by atoms with E-state index in [0.717, 1.165) is 0 Å². The molecule has 0 atom stereocenters. The Morgan fingerprint density at radius 1 is 1.60 bits per heavy atom. The summed E-state index contributed by atoms with van der Waals surface area (Å²) in [6.07, 6.45) is -1.35. The summed E-state index contributed by atoms with van der Waals surface area (Å²) in [6, 6.07) is 1.85. The molecule has 0 aliphatic carbocycles. The maximum Gasteiger partial charge on any atom is 0.264 e. The average Bonchev–Trinajstić information content (AvgIpc) is 2.20. The molecule has 1 heterocycles. The summed E-state index contributed by atoms with van der Waals surface area (Å²) in [4.78, 5) is 3.94. The van der Waals surface area contributed by atoms with Crippen molar-refractivity contribution >= 4 is 11.6 Å². The second-order valence-electron chi connectivity index (χ2n) is 3.03. The van der Waals surface area contributed by atoms with Crippen LogP contribution in [0.25, 0.3) is 0 Å². The topological polar surface area (TPSA) is 36.7 Å². The minimum absolute atomic E-state index is 0.0224. The highest BCUT2D eigenvalue weighted by molar-refractivity contribution is 6.17. The van der Waals surface area contributed by atoms with Crippen LogP contribution in [-0.4, -0.2) is 4.98 Å². The second-order valence-corrected chi connectivity index (χ2v) is 3.30. The molecule has 1 rings (SSSR count). The Hall–Kier alpha value is -1.21. The third-order valence-electron chi connectivity index (χ3n) is 2.14. The highest BCUT2D eigenvalue weighted by atomic mass is 35.5. The first kappa shape index (κ1) is 11.9. The van der Waals surface area contributed by atoms with Gasteiger partial charge in [0.05, 0.1) is 12.5 Å². The molecule has 0 radical (unpaired) electrons. The minimum atomic E-state index is -2.62. The third-order valence-corrected chi connectivity index (χ3v) is 2.43. The van der Waals surface area contributed by atoms with Crippen molar-refractivity contribution in [3.63, 3.8) is 0 Å². The summed E-state index contributed by atoms with van der Waals surface area (Å²) < 4.78 is 25.6. The summed E-state index contributed by atoms with van der Waals surface area (Å²) in [6.45, 7) is 1.61.